The average molecular weight is 292 g/mol. The minimum absolute atomic E-state index is 0.00426. The van der Waals surface area contributed by atoms with E-state index in [9.17, 15) is 4.79 Å². The highest BCUT2D eigenvalue weighted by atomic mass is 16.5. The minimum Gasteiger partial charge on any atom is -0.484 e. The van der Waals surface area contributed by atoms with Crippen molar-refractivity contribution in [3.05, 3.63) is 30.3 Å². The first kappa shape index (κ1) is 15.8. The van der Waals surface area contributed by atoms with E-state index in [-0.39, 0.29) is 12.5 Å². The number of methoxy groups -OCH3 is 1. The molecule has 0 bridgehead atoms. The van der Waals surface area contributed by atoms with Crippen LogP contribution in [0.1, 0.15) is 12.8 Å². The van der Waals surface area contributed by atoms with Gasteiger partial charge in [-0.3, -0.25) is 4.79 Å². The van der Waals surface area contributed by atoms with Crippen molar-refractivity contribution in [1.82, 2.24) is 10.2 Å². The molecule has 1 aromatic carbocycles. The predicted octanol–water partition coefficient (Wildman–Crippen LogP) is 1.29. The van der Waals surface area contributed by atoms with E-state index in [1.54, 1.807) is 7.11 Å². The fraction of sp³-hybridized carbons (Fsp3) is 0.562. The number of para-hydroxylation sites is 1. The number of hydrogen-bond donors (Lipinski definition) is 1. The topological polar surface area (TPSA) is 50.8 Å². The molecule has 5 nitrogen and oxygen atoms in total. The number of amides is 1. The molecule has 1 atom stereocenters. The Hall–Kier alpha value is -1.59. The van der Waals surface area contributed by atoms with Gasteiger partial charge in [0.15, 0.2) is 6.61 Å². The van der Waals surface area contributed by atoms with Crippen LogP contribution in [0.5, 0.6) is 5.75 Å². The number of ether oxygens (including phenoxy) is 2. The summed E-state index contributed by atoms with van der Waals surface area (Å²) < 4.78 is 10.6. The van der Waals surface area contributed by atoms with Gasteiger partial charge in [-0.1, -0.05) is 18.2 Å². The number of rotatable bonds is 8. The maximum absolute atomic E-state index is 12.3. The Labute approximate surface area is 126 Å². The number of nitrogens with zero attached hydrogens (tertiary/aromatic N) is 1. The molecular weight excluding hydrogens is 268 g/mol. The van der Waals surface area contributed by atoms with Crippen molar-refractivity contribution in [1.29, 1.82) is 0 Å². The van der Waals surface area contributed by atoms with Crippen molar-refractivity contribution >= 4 is 5.91 Å². The number of carbonyl (C=O) groups excluding carboxylic acids is 1. The van der Waals surface area contributed by atoms with Gasteiger partial charge >= 0.3 is 0 Å². The maximum atomic E-state index is 12.3. The molecule has 0 radical (unpaired) electrons. The summed E-state index contributed by atoms with van der Waals surface area (Å²) in [7, 11) is 1.65. The predicted molar refractivity (Wildman–Crippen MR) is 81.4 cm³/mol. The van der Waals surface area contributed by atoms with Crippen LogP contribution in [-0.2, 0) is 9.53 Å². The Morgan fingerprint density at radius 3 is 2.86 bits per heavy atom. The van der Waals surface area contributed by atoms with E-state index in [0.717, 1.165) is 25.3 Å². The van der Waals surface area contributed by atoms with E-state index in [0.29, 0.717) is 19.2 Å². The molecule has 1 fully saturated rings. The molecule has 0 aliphatic carbocycles. The Bertz CT molecular complexity index is 419. The summed E-state index contributed by atoms with van der Waals surface area (Å²) in [5.74, 6) is 0.723. The van der Waals surface area contributed by atoms with Crippen molar-refractivity contribution in [2.24, 2.45) is 0 Å². The van der Waals surface area contributed by atoms with Gasteiger partial charge in [0, 0.05) is 26.2 Å². The van der Waals surface area contributed by atoms with E-state index in [1.165, 1.54) is 6.42 Å². The fourth-order valence-electron chi connectivity index (χ4n) is 2.45. The monoisotopic (exact) mass is 292 g/mol. The number of carbonyl (C=O) groups is 1. The molecule has 1 aliphatic rings. The highest BCUT2D eigenvalue weighted by molar-refractivity contribution is 5.77. The molecule has 0 saturated carbocycles. The molecule has 1 N–H and O–H groups in total. The van der Waals surface area contributed by atoms with Crippen LogP contribution >= 0.6 is 0 Å². The zero-order valence-corrected chi connectivity index (χ0v) is 12.6. The van der Waals surface area contributed by atoms with Gasteiger partial charge in [0.2, 0.25) is 0 Å². The largest absolute Gasteiger partial charge is 0.484 e. The number of hydrogen-bond acceptors (Lipinski definition) is 4. The van der Waals surface area contributed by atoms with Gasteiger partial charge in [0.1, 0.15) is 5.75 Å². The zero-order valence-electron chi connectivity index (χ0n) is 12.6. The smallest absolute Gasteiger partial charge is 0.260 e. The first-order valence-electron chi connectivity index (χ1n) is 7.47. The second-order valence-corrected chi connectivity index (χ2v) is 5.23. The van der Waals surface area contributed by atoms with E-state index in [1.807, 2.05) is 35.2 Å². The lowest BCUT2D eigenvalue weighted by molar-refractivity contribution is -0.134. The van der Waals surface area contributed by atoms with Crippen molar-refractivity contribution < 1.29 is 14.3 Å². The standard InChI is InChI=1S/C16H24N2O3/c1-20-11-10-18(12-14-6-5-9-17-14)16(19)13-21-15-7-3-2-4-8-15/h2-4,7-8,14,17H,5-6,9-13H2,1H3. The molecule has 21 heavy (non-hydrogen) atoms. The van der Waals surface area contributed by atoms with E-state index in [2.05, 4.69) is 5.32 Å². The molecule has 1 saturated heterocycles. The normalized spacial score (nSPS) is 17.7. The van der Waals surface area contributed by atoms with Gasteiger partial charge in [0.05, 0.1) is 6.61 Å². The molecule has 1 unspecified atom stereocenters. The summed E-state index contributed by atoms with van der Waals surface area (Å²) in [6, 6.07) is 9.81. The summed E-state index contributed by atoms with van der Waals surface area (Å²) in [6.45, 7) is 2.98. The first-order chi connectivity index (χ1) is 10.3. The molecule has 2 rings (SSSR count). The van der Waals surface area contributed by atoms with Crippen LogP contribution in [0.3, 0.4) is 0 Å². The second-order valence-electron chi connectivity index (χ2n) is 5.23. The summed E-state index contributed by atoms with van der Waals surface area (Å²) in [4.78, 5) is 14.2. The first-order valence-corrected chi connectivity index (χ1v) is 7.47. The molecule has 0 aromatic heterocycles. The Kier molecular flexibility index (Phi) is 6.50. The van der Waals surface area contributed by atoms with Crippen LogP contribution in [0.2, 0.25) is 0 Å². The SMILES string of the molecule is COCCN(CC1CCCN1)C(=O)COc1ccccc1. The van der Waals surface area contributed by atoms with Gasteiger partial charge in [0.25, 0.3) is 5.91 Å². The molecular formula is C16H24N2O3. The Morgan fingerprint density at radius 1 is 1.38 bits per heavy atom. The van der Waals surface area contributed by atoms with Crippen LogP contribution in [0.4, 0.5) is 0 Å². The highest BCUT2D eigenvalue weighted by Gasteiger charge is 2.21. The number of nitrogens with one attached hydrogen (secondary N) is 1. The van der Waals surface area contributed by atoms with Crippen LogP contribution < -0.4 is 10.1 Å². The van der Waals surface area contributed by atoms with Gasteiger partial charge in [-0.2, -0.15) is 0 Å². The quantitative estimate of drug-likeness (QED) is 0.784. The summed E-state index contributed by atoms with van der Waals surface area (Å²) in [5, 5.41) is 3.42. The third kappa shape index (κ3) is 5.36. The highest BCUT2D eigenvalue weighted by Crippen LogP contribution is 2.10. The Balaban J connectivity index is 1.83. The van der Waals surface area contributed by atoms with Crippen LogP contribution in [0.15, 0.2) is 30.3 Å². The van der Waals surface area contributed by atoms with Gasteiger partial charge in [-0.05, 0) is 31.5 Å². The van der Waals surface area contributed by atoms with Crippen LogP contribution in [-0.4, -0.2) is 56.8 Å². The molecule has 1 heterocycles. The summed E-state index contributed by atoms with van der Waals surface area (Å²) in [6.07, 6.45) is 2.30. The third-order valence-corrected chi connectivity index (χ3v) is 3.63. The van der Waals surface area contributed by atoms with Crippen molar-refractivity contribution in [3.63, 3.8) is 0 Å². The van der Waals surface area contributed by atoms with Crippen molar-refractivity contribution in [2.75, 3.05) is 40.0 Å². The lowest BCUT2D eigenvalue weighted by atomic mass is 10.2. The van der Waals surface area contributed by atoms with E-state index in [4.69, 9.17) is 9.47 Å². The molecule has 116 valence electrons. The zero-order chi connectivity index (χ0) is 14.9. The summed E-state index contributed by atoms with van der Waals surface area (Å²) in [5.41, 5.74) is 0. The van der Waals surface area contributed by atoms with Crippen LogP contribution in [0.25, 0.3) is 0 Å². The molecule has 5 heteroatoms. The van der Waals surface area contributed by atoms with Gasteiger partial charge in [-0.15, -0.1) is 0 Å². The van der Waals surface area contributed by atoms with Gasteiger partial charge in [-0.25, -0.2) is 0 Å². The fourth-order valence-corrected chi connectivity index (χ4v) is 2.45. The lowest BCUT2D eigenvalue weighted by Gasteiger charge is -2.25. The summed E-state index contributed by atoms with van der Waals surface area (Å²) >= 11 is 0. The lowest BCUT2D eigenvalue weighted by Crippen LogP contribution is -2.44. The van der Waals surface area contributed by atoms with Crippen LogP contribution in [0, 0.1) is 0 Å². The average Bonchev–Trinajstić information content (AvgIpc) is 3.03. The minimum atomic E-state index is 0.00426. The second kappa shape index (κ2) is 8.64. The van der Waals surface area contributed by atoms with E-state index >= 15 is 0 Å². The molecule has 1 aromatic rings. The van der Waals surface area contributed by atoms with Crippen molar-refractivity contribution in [3.8, 4) is 5.75 Å². The van der Waals surface area contributed by atoms with Gasteiger partial charge < -0.3 is 19.7 Å². The molecule has 1 amide bonds. The van der Waals surface area contributed by atoms with Crippen molar-refractivity contribution in [2.45, 2.75) is 18.9 Å². The third-order valence-electron chi connectivity index (χ3n) is 3.63. The van der Waals surface area contributed by atoms with E-state index < -0.39 is 0 Å². The number of benzene rings is 1. The molecule has 0 spiro atoms. The Morgan fingerprint density at radius 2 is 2.19 bits per heavy atom. The maximum Gasteiger partial charge on any atom is 0.260 e. The molecule has 1 aliphatic heterocycles.